The molecule has 6 atom stereocenters. The van der Waals surface area contributed by atoms with E-state index in [0.717, 1.165) is 12.7 Å². The number of hydrogen-bond acceptors (Lipinski definition) is 12. The molecule has 4 rings (SSSR count). The van der Waals surface area contributed by atoms with E-state index in [1.54, 1.807) is 68.4 Å². The number of nitro benzene ring substituents is 1. The topological polar surface area (TPSA) is 249 Å². The predicted molar refractivity (Wildman–Crippen MR) is 210 cm³/mol. The molecule has 0 aliphatic rings. The highest BCUT2D eigenvalue weighted by Gasteiger charge is 2.43. The maximum absolute atomic E-state index is 14.8. The molecule has 4 aromatic rings. The van der Waals surface area contributed by atoms with Crippen molar-refractivity contribution >= 4 is 35.5 Å². The van der Waals surface area contributed by atoms with Gasteiger partial charge in [0.05, 0.1) is 36.6 Å². The summed E-state index contributed by atoms with van der Waals surface area (Å²) in [7, 11) is 1.11. The minimum atomic E-state index is -1.53. The van der Waals surface area contributed by atoms with E-state index in [0.29, 0.717) is 28.1 Å². The number of nitrogens with one attached hydrogen (secondary N) is 3. The lowest BCUT2D eigenvalue weighted by atomic mass is 9.94. The number of alkyl carbamates (subject to hydrolysis) is 1. The molecule has 0 bridgehead atoms. The number of benzene rings is 3. The standard InChI is InChI=1S/C41H49N7O10/c1-4-26(2)37(40(53)57-3)47(36(50)22-35(49)32(42)19-28-15-17-31(18-16-28)48(55)56)39(52)34(21-30-23-43-25-44-30)45-38(51)33(20-27-11-7-5-8-12-27)46-41(54)58-24-29-13-9-6-10-14-29/h5-18,23,25-26,32-35,37,49H,4,19-22,24,42H2,1-3H3,(H,43,44)(H,45,51)(H,46,54)/t26-,32-,33-,34-,35?,37-/m0/s1. The van der Waals surface area contributed by atoms with Crippen LogP contribution in [0.25, 0.3) is 0 Å². The normalized spacial score (nSPS) is 14.1. The van der Waals surface area contributed by atoms with Crippen molar-refractivity contribution in [3.05, 3.63) is 130 Å². The van der Waals surface area contributed by atoms with Crippen LogP contribution in [0.4, 0.5) is 10.5 Å². The van der Waals surface area contributed by atoms with E-state index < -0.39 is 77.3 Å². The number of H-pyrrole nitrogens is 1. The first-order chi connectivity index (χ1) is 27.8. The summed E-state index contributed by atoms with van der Waals surface area (Å²) in [5.41, 5.74) is 8.42. The summed E-state index contributed by atoms with van der Waals surface area (Å²) in [4.78, 5) is 87.9. The van der Waals surface area contributed by atoms with E-state index in [1.807, 2.05) is 6.07 Å². The maximum atomic E-state index is 14.8. The van der Waals surface area contributed by atoms with Gasteiger partial charge in [-0.25, -0.2) is 14.6 Å². The van der Waals surface area contributed by atoms with Crippen molar-refractivity contribution < 1.29 is 43.5 Å². The van der Waals surface area contributed by atoms with E-state index >= 15 is 0 Å². The second kappa shape index (κ2) is 21.7. The Kier molecular flexibility index (Phi) is 16.6. The minimum absolute atomic E-state index is 0.00440. The summed E-state index contributed by atoms with van der Waals surface area (Å²) < 4.78 is 10.5. The number of nitro groups is 1. The molecule has 17 heteroatoms. The van der Waals surface area contributed by atoms with Crippen LogP contribution in [-0.4, -0.2) is 92.1 Å². The van der Waals surface area contributed by atoms with Crippen molar-refractivity contribution in [3.8, 4) is 0 Å². The third-order valence-corrected chi connectivity index (χ3v) is 9.59. The van der Waals surface area contributed by atoms with Gasteiger partial charge in [-0.3, -0.25) is 29.4 Å². The number of aliphatic hydroxyl groups is 1. The zero-order chi connectivity index (χ0) is 42.2. The van der Waals surface area contributed by atoms with Crippen LogP contribution in [0, 0.1) is 16.0 Å². The molecule has 3 aromatic carbocycles. The maximum Gasteiger partial charge on any atom is 0.408 e. The number of imide groups is 1. The number of methoxy groups -OCH3 is 1. The highest BCUT2D eigenvalue weighted by Crippen LogP contribution is 2.22. The average molecular weight is 800 g/mol. The lowest BCUT2D eigenvalue weighted by Gasteiger charge is -2.35. The number of aromatic amines is 1. The van der Waals surface area contributed by atoms with Gasteiger partial charge in [-0.15, -0.1) is 0 Å². The SMILES string of the molecule is CC[C@H](C)[C@@H](C(=O)OC)N(C(=O)CC(O)[C@@H](N)Cc1ccc([N+](=O)[O-])cc1)C(=O)[C@H](Cc1c[nH]cn1)NC(=O)[C@H](Cc1ccccc1)NC(=O)OCc1ccccc1. The Bertz CT molecular complexity index is 1960. The third-order valence-electron chi connectivity index (χ3n) is 9.59. The van der Waals surface area contributed by atoms with Gasteiger partial charge in [0.1, 0.15) is 24.7 Å². The van der Waals surface area contributed by atoms with Gasteiger partial charge in [0, 0.05) is 37.2 Å². The van der Waals surface area contributed by atoms with E-state index in [1.165, 1.54) is 36.8 Å². The lowest BCUT2D eigenvalue weighted by Crippen LogP contribution is -2.61. The van der Waals surface area contributed by atoms with E-state index in [4.69, 9.17) is 15.2 Å². The van der Waals surface area contributed by atoms with Crippen LogP contribution < -0.4 is 16.4 Å². The Hall–Kier alpha value is -6.46. The fourth-order valence-corrected chi connectivity index (χ4v) is 6.16. The third kappa shape index (κ3) is 12.8. The summed E-state index contributed by atoms with van der Waals surface area (Å²) in [5, 5.41) is 27.5. The van der Waals surface area contributed by atoms with Gasteiger partial charge >= 0.3 is 12.1 Å². The number of amides is 4. The van der Waals surface area contributed by atoms with Crippen LogP contribution >= 0.6 is 0 Å². The molecule has 1 unspecified atom stereocenters. The highest BCUT2D eigenvalue weighted by atomic mass is 16.6. The quantitative estimate of drug-likeness (QED) is 0.0492. The summed E-state index contributed by atoms with van der Waals surface area (Å²) in [6.07, 6.45) is -0.186. The second-order valence-electron chi connectivity index (χ2n) is 13.8. The molecule has 1 aromatic heterocycles. The molecule has 0 aliphatic carbocycles. The number of ether oxygens (including phenoxy) is 2. The number of esters is 1. The molecular formula is C41H49N7O10. The van der Waals surface area contributed by atoms with Crippen molar-refractivity contribution in [1.82, 2.24) is 25.5 Å². The molecule has 17 nitrogen and oxygen atoms in total. The molecule has 0 aliphatic heterocycles. The molecule has 58 heavy (non-hydrogen) atoms. The van der Waals surface area contributed by atoms with E-state index in [2.05, 4.69) is 20.6 Å². The first-order valence-electron chi connectivity index (χ1n) is 18.7. The van der Waals surface area contributed by atoms with Gasteiger partial charge in [0.2, 0.25) is 11.8 Å². The summed E-state index contributed by atoms with van der Waals surface area (Å²) in [6, 6.07) is 18.0. The smallest absolute Gasteiger partial charge is 0.408 e. The number of carbonyl (C=O) groups is 5. The number of aliphatic hydroxyl groups excluding tert-OH is 1. The van der Waals surface area contributed by atoms with Gasteiger partial charge in [-0.2, -0.15) is 0 Å². The van der Waals surface area contributed by atoms with Gasteiger partial charge < -0.3 is 35.9 Å². The number of imidazole rings is 1. The molecule has 0 radical (unpaired) electrons. The lowest BCUT2D eigenvalue weighted by molar-refractivity contribution is -0.384. The van der Waals surface area contributed by atoms with Gasteiger partial charge in [-0.05, 0) is 29.0 Å². The number of hydrogen-bond donors (Lipinski definition) is 5. The molecule has 0 saturated carbocycles. The number of carbonyl (C=O) groups excluding carboxylic acids is 5. The Labute approximate surface area is 335 Å². The summed E-state index contributed by atoms with van der Waals surface area (Å²) >= 11 is 0. The number of non-ortho nitro benzene ring substituents is 1. The predicted octanol–water partition coefficient (Wildman–Crippen LogP) is 3.15. The number of nitrogens with zero attached hydrogens (tertiary/aromatic N) is 3. The van der Waals surface area contributed by atoms with Crippen LogP contribution in [0.5, 0.6) is 0 Å². The molecule has 0 fully saturated rings. The minimum Gasteiger partial charge on any atom is -0.467 e. The van der Waals surface area contributed by atoms with Crippen LogP contribution in [-0.2, 0) is 54.5 Å². The second-order valence-corrected chi connectivity index (χ2v) is 13.8. The zero-order valence-electron chi connectivity index (χ0n) is 32.5. The van der Waals surface area contributed by atoms with Crippen LogP contribution in [0.15, 0.2) is 97.5 Å². The van der Waals surface area contributed by atoms with Crippen LogP contribution in [0.1, 0.15) is 49.1 Å². The largest absolute Gasteiger partial charge is 0.467 e. The number of rotatable bonds is 20. The van der Waals surface area contributed by atoms with Crippen molar-refractivity contribution in [2.24, 2.45) is 11.7 Å². The molecule has 308 valence electrons. The zero-order valence-corrected chi connectivity index (χ0v) is 32.5. The summed E-state index contributed by atoms with van der Waals surface area (Å²) in [6.45, 7) is 3.33. The summed E-state index contributed by atoms with van der Waals surface area (Å²) in [5.74, 6) is -4.32. The Morgan fingerprint density at radius 1 is 0.897 bits per heavy atom. The van der Waals surface area contributed by atoms with Crippen LogP contribution in [0.2, 0.25) is 0 Å². The molecule has 6 N–H and O–H groups in total. The number of nitrogens with two attached hydrogens (primary N) is 1. The van der Waals surface area contributed by atoms with Gasteiger partial charge in [-0.1, -0.05) is 93.1 Å². The van der Waals surface area contributed by atoms with E-state index in [9.17, 15) is 39.2 Å². The highest BCUT2D eigenvalue weighted by molar-refractivity contribution is 6.03. The average Bonchev–Trinajstić information content (AvgIpc) is 3.74. The monoisotopic (exact) mass is 799 g/mol. The molecule has 0 spiro atoms. The molecular weight excluding hydrogens is 750 g/mol. The van der Waals surface area contributed by atoms with Crippen molar-refractivity contribution in [1.29, 1.82) is 0 Å². The van der Waals surface area contributed by atoms with Crippen molar-refractivity contribution in [2.75, 3.05) is 7.11 Å². The molecule has 0 saturated heterocycles. The fourth-order valence-electron chi connectivity index (χ4n) is 6.16. The van der Waals surface area contributed by atoms with Crippen molar-refractivity contribution in [2.45, 2.75) is 82.8 Å². The fraction of sp³-hybridized carbons (Fsp3) is 0.366. The first-order valence-corrected chi connectivity index (χ1v) is 18.7. The number of aromatic nitrogens is 2. The van der Waals surface area contributed by atoms with Crippen molar-refractivity contribution in [3.63, 3.8) is 0 Å². The van der Waals surface area contributed by atoms with Gasteiger partial charge in [0.15, 0.2) is 0 Å². The Morgan fingerprint density at radius 3 is 2.09 bits per heavy atom. The van der Waals surface area contributed by atoms with Gasteiger partial charge in [0.25, 0.3) is 11.6 Å². The van der Waals surface area contributed by atoms with Crippen LogP contribution in [0.3, 0.4) is 0 Å². The first kappa shape index (κ1) is 44.3. The molecule has 1 heterocycles. The Morgan fingerprint density at radius 2 is 1.52 bits per heavy atom. The Balaban J connectivity index is 1.64. The molecule has 4 amide bonds. The van der Waals surface area contributed by atoms with E-state index in [-0.39, 0.29) is 31.6 Å².